The number of nitrogens with two attached hydrogens (primary N) is 2. The summed E-state index contributed by atoms with van der Waals surface area (Å²) in [6.07, 6.45) is 0. The number of carbonyl (C=O) groups excluding carboxylic acids is 1. The van der Waals surface area contributed by atoms with Crippen molar-refractivity contribution in [3.63, 3.8) is 0 Å². The molecule has 24 heavy (non-hydrogen) atoms. The Bertz CT molecular complexity index is 740. The third-order valence-corrected chi connectivity index (χ3v) is 4.34. The van der Waals surface area contributed by atoms with Crippen molar-refractivity contribution in [1.29, 1.82) is 0 Å². The average Bonchev–Trinajstić information content (AvgIpc) is 2.61. The predicted molar refractivity (Wildman–Crippen MR) is 97.5 cm³/mol. The van der Waals surface area contributed by atoms with Gasteiger partial charge in [-0.25, -0.2) is 4.79 Å². The van der Waals surface area contributed by atoms with Gasteiger partial charge in [0.1, 0.15) is 0 Å². The van der Waals surface area contributed by atoms with Crippen molar-refractivity contribution in [2.75, 3.05) is 54.6 Å². The number of nitrogen functional groups attached to an aromatic ring is 2. The maximum Gasteiger partial charge on any atom is 0.340 e. The molecule has 0 spiro atoms. The van der Waals surface area contributed by atoms with Crippen LogP contribution in [0.15, 0.2) is 42.5 Å². The summed E-state index contributed by atoms with van der Waals surface area (Å²) in [7, 11) is 1.36. The number of piperazine rings is 1. The highest BCUT2D eigenvalue weighted by atomic mass is 16.5. The van der Waals surface area contributed by atoms with Crippen molar-refractivity contribution in [1.82, 2.24) is 0 Å². The number of ether oxygens (including phenoxy) is 1. The van der Waals surface area contributed by atoms with Gasteiger partial charge in [0, 0.05) is 37.6 Å². The fourth-order valence-electron chi connectivity index (χ4n) is 3.04. The standard InChI is InChI=1S/C18H22N4O2/c1-24-18(23)15-6-3-7-16(17(15)20)22-10-8-21(9-11-22)14-5-2-4-13(19)12-14/h2-7,12H,8-11,19-20H2,1H3. The molecule has 4 N–H and O–H groups in total. The second-order valence-corrected chi connectivity index (χ2v) is 5.80. The van der Waals surface area contributed by atoms with Crippen LogP contribution in [0.1, 0.15) is 10.4 Å². The van der Waals surface area contributed by atoms with Crippen molar-refractivity contribution < 1.29 is 9.53 Å². The number of hydrogen-bond donors (Lipinski definition) is 2. The normalized spacial score (nSPS) is 14.5. The summed E-state index contributed by atoms with van der Waals surface area (Å²) in [6, 6.07) is 13.4. The lowest BCUT2D eigenvalue weighted by Crippen LogP contribution is -2.46. The Labute approximate surface area is 141 Å². The quantitative estimate of drug-likeness (QED) is 0.662. The molecule has 3 rings (SSSR count). The molecule has 0 atom stereocenters. The Balaban J connectivity index is 1.74. The zero-order valence-electron chi connectivity index (χ0n) is 13.7. The number of rotatable bonds is 3. The van der Waals surface area contributed by atoms with Crippen LogP contribution < -0.4 is 21.3 Å². The SMILES string of the molecule is COC(=O)c1cccc(N2CCN(c3cccc(N)c3)CC2)c1N. The van der Waals surface area contributed by atoms with Crippen molar-refractivity contribution in [3.8, 4) is 0 Å². The fourth-order valence-corrected chi connectivity index (χ4v) is 3.04. The summed E-state index contributed by atoms with van der Waals surface area (Å²) in [4.78, 5) is 16.3. The van der Waals surface area contributed by atoms with Gasteiger partial charge >= 0.3 is 5.97 Å². The van der Waals surface area contributed by atoms with E-state index in [1.54, 1.807) is 6.07 Å². The Kier molecular flexibility index (Phi) is 4.46. The lowest BCUT2D eigenvalue weighted by molar-refractivity contribution is 0.0602. The van der Waals surface area contributed by atoms with Gasteiger partial charge in [-0.2, -0.15) is 0 Å². The Morgan fingerprint density at radius 3 is 2.33 bits per heavy atom. The molecule has 6 nitrogen and oxygen atoms in total. The first kappa shape index (κ1) is 16.0. The molecule has 0 radical (unpaired) electrons. The Morgan fingerprint density at radius 1 is 1.00 bits per heavy atom. The van der Waals surface area contributed by atoms with Gasteiger partial charge in [-0.1, -0.05) is 12.1 Å². The van der Waals surface area contributed by atoms with Gasteiger partial charge in [0.05, 0.1) is 24.0 Å². The van der Waals surface area contributed by atoms with Crippen molar-refractivity contribution in [2.45, 2.75) is 0 Å². The van der Waals surface area contributed by atoms with Gasteiger partial charge in [0.2, 0.25) is 0 Å². The minimum Gasteiger partial charge on any atom is -0.465 e. The van der Waals surface area contributed by atoms with E-state index in [0.717, 1.165) is 43.2 Å². The van der Waals surface area contributed by atoms with E-state index >= 15 is 0 Å². The van der Waals surface area contributed by atoms with Gasteiger partial charge in [0.25, 0.3) is 0 Å². The summed E-state index contributed by atoms with van der Waals surface area (Å²) in [5.41, 5.74) is 15.7. The minimum absolute atomic E-state index is 0.409. The number of anilines is 4. The molecule has 6 heteroatoms. The van der Waals surface area contributed by atoms with Crippen LogP contribution in [-0.2, 0) is 4.74 Å². The summed E-state index contributed by atoms with van der Waals surface area (Å²) in [6.45, 7) is 3.38. The van der Waals surface area contributed by atoms with E-state index in [1.807, 2.05) is 30.3 Å². The van der Waals surface area contributed by atoms with E-state index < -0.39 is 5.97 Å². The van der Waals surface area contributed by atoms with E-state index in [2.05, 4.69) is 15.9 Å². The van der Waals surface area contributed by atoms with Crippen LogP contribution in [-0.4, -0.2) is 39.3 Å². The third-order valence-electron chi connectivity index (χ3n) is 4.34. The summed E-state index contributed by atoms with van der Waals surface area (Å²) in [5.74, 6) is -0.409. The Hall–Kier alpha value is -2.89. The van der Waals surface area contributed by atoms with Crippen LogP contribution in [0.3, 0.4) is 0 Å². The van der Waals surface area contributed by atoms with Crippen molar-refractivity contribution >= 4 is 28.7 Å². The molecule has 2 aromatic rings. The van der Waals surface area contributed by atoms with Crippen LogP contribution in [0, 0.1) is 0 Å². The molecule has 126 valence electrons. The van der Waals surface area contributed by atoms with Crippen LogP contribution in [0.25, 0.3) is 0 Å². The smallest absolute Gasteiger partial charge is 0.340 e. The van der Waals surface area contributed by atoms with Gasteiger partial charge in [-0.3, -0.25) is 0 Å². The first-order valence-corrected chi connectivity index (χ1v) is 7.92. The van der Waals surface area contributed by atoms with Gasteiger partial charge in [0.15, 0.2) is 0 Å². The molecule has 1 aliphatic heterocycles. The monoisotopic (exact) mass is 326 g/mol. The molecule has 1 heterocycles. The molecule has 1 aliphatic rings. The molecule has 2 aromatic carbocycles. The van der Waals surface area contributed by atoms with Crippen LogP contribution >= 0.6 is 0 Å². The van der Waals surface area contributed by atoms with Crippen LogP contribution in [0.2, 0.25) is 0 Å². The maximum atomic E-state index is 11.8. The van der Waals surface area contributed by atoms with E-state index in [4.69, 9.17) is 16.2 Å². The van der Waals surface area contributed by atoms with Crippen molar-refractivity contribution in [3.05, 3.63) is 48.0 Å². The molecule has 1 saturated heterocycles. The number of methoxy groups -OCH3 is 1. The van der Waals surface area contributed by atoms with E-state index in [-0.39, 0.29) is 0 Å². The van der Waals surface area contributed by atoms with Gasteiger partial charge in [-0.05, 0) is 30.3 Å². The number of carbonyl (C=O) groups is 1. The first-order chi connectivity index (χ1) is 11.6. The topological polar surface area (TPSA) is 84.8 Å². The molecular formula is C18H22N4O2. The minimum atomic E-state index is -0.409. The second-order valence-electron chi connectivity index (χ2n) is 5.80. The Morgan fingerprint density at radius 2 is 1.67 bits per heavy atom. The van der Waals surface area contributed by atoms with E-state index in [1.165, 1.54) is 7.11 Å². The lowest BCUT2D eigenvalue weighted by Gasteiger charge is -2.38. The molecule has 0 saturated carbocycles. The van der Waals surface area contributed by atoms with Crippen LogP contribution in [0.4, 0.5) is 22.7 Å². The molecule has 1 fully saturated rings. The number of hydrogen-bond acceptors (Lipinski definition) is 6. The van der Waals surface area contributed by atoms with Gasteiger partial charge in [-0.15, -0.1) is 0 Å². The third kappa shape index (κ3) is 3.08. The molecule has 0 amide bonds. The number of para-hydroxylation sites is 1. The average molecular weight is 326 g/mol. The lowest BCUT2D eigenvalue weighted by atomic mass is 10.1. The summed E-state index contributed by atoms with van der Waals surface area (Å²) in [5, 5.41) is 0. The first-order valence-electron chi connectivity index (χ1n) is 7.92. The van der Waals surface area contributed by atoms with Crippen molar-refractivity contribution in [2.24, 2.45) is 0 Å². The molecule has 0 bridgehead atoms. The van der Waals surface area contributed by atoms with Crippen LogP contribution in [0.5, 0.6) is 0 Å². The molecule has 0 aliphatic carbocycles. The van der Waals surface area contributed by atoms with Gasteiger partial charge < -0.3 is 26.0 Å². The highest BCUT2D eigenvalue weighted by Crippen LogP contribution is 2.29. The second kappa shape index (κ2) is 6.70. The number of nitrogens with zero attached hydrogens (tertiary/aromatic N) is 2. The molecular weight excluding hydrogens is 304 g/mol. The molecule has 0 aromatic heterocycles. The zero-order chi connectivity index (χ0) is 17.1. The highest BCUT2D eigenvalue weighted by molar-refractivity contribution is 5.98. The predicted octanol–water partition coefficient (Wildman–Crippen LogP) is 1.96. The molecule has 0 unspecified atom stereocenters. The largest absolute Gasteiger partial charge is 0.465 e. The zero-order valence-corrected chi connectivity index (χ0v) is 13.7. The van der Waals surface area contributed by atoms with E-state index in [9.17, 15) is 4.79 Å². The maximum absolute atomic E-state index is 11.8. The van der Waals surface area contributed by atoms with E-state index in [0.29, 0.717) is 11.3 Å². The number of benzene rings is 2. The highest BCUT2D eigenvalue weighted by Gasteiger charge is 2.21. The summed E-state index contributed by atoms with van der Waals surface area (Å²) < 4.78 is 4.79. The number of esters is 1. The summed E-state index contributed by atoms with van der Waals surface area (Å²) >= 11 is 0. The fraction of sp³-hybridized carbons (Fsp3) is 0.278.